The topological polar surface area (TPSA) is 40.5 Å². The maximum atomic E-state index is 9.36. The summed E-state index contributed by atoms with van der Waals surface area (Å²) in [5.74, 6) is 0. The maximum Gasteiger partial charge on any atom is 0.0551 e. The lowest BCUT2D eigenvalue weighted by molar-refractivity contribution is 0.132. The predicted molar refractivity (Wildman–Crippen MR) is 53.0 cm³/mol. The van der Waals surface area contributed by atoms with Gasteiger partial charge in [-0.25, -0.2) is 0 Å². The third-order valence-electron chi connectivity index (χ3n) is 2.02. The molecule has 0 aromatic carbocycles. The largest absolute Gasteiger partial charge is 0.393 e. The molecule has 0 amide bonds. The van der Waals surface area contributed by atoms with E-state index in [-0.39, 0.29) is 11.4 Å². The van der Waals surface area contributed by atoms with Crippen molar-refractivity contribution in [2.75, 3.05) is 0 Å². The minimum atomic E-state index is -2.25. The van der Waals surface area contributed by atoms with E-state index in [9.17, 15) is 9.66 Å². The first-order valence-corrected chi connectivity index (χ1v) is 7.15. The Bertz CT molecular complexity index is 222. The quantitative estimate of drug-likeness (QED) is 0.676. The van der Waals surface area contributed by atoms with Gasteiger partial charge in [0.05, 0.1) is 6.10 Å². The van der Waals surface area contributed by atoms with E-state index in [4.69, 9.17) is 22.4 Å². The normalized spacial score (nSPS) is 33.6. The molecule has 0 aliphatic heterocycles. The first kappa shape index (κ1) is 9.80. The second kappa shape index (κ2) is 3.62. The zero-order valence-electron chi connectivity index (χ0n) is 6.10. The second-order valence-corrected chi connectivity index (χ2v) is 8.34. The van der Waals surface area contributed by atoms with Gasteiger partial charge in [0.25, 0.3) is 0 Å². The number of hydrogen-bond donors (Lipinski definition) is 2. The molecule has 2 atom stereocenters. The highest BCUT2D eigenvalue weighted by molar-refractivity contribution is 8.53. The van der Waals surface area contributed by atoms with Crippen LogP contribution in [0.15, 0.2) is 0 Å². The summed E-state index contributed by atoms with van der Waals surface area (Å²) in [5, 5.41) is 9.25. The number of aliphatic hydroxyl groups is 1. The fourth-order valence-corrected chi connectivity index (χ4v) is 3.37. The Morgan fingerprint density at radius 2 is 1.91 bits per heavy atom. The van der Waals surface area contributed by atoms with Crippen LogP contribution >= 0.6 is 0 Å². The Morgan fingerprint density at radius 3 is 2.27 bits per heavy atom. The van der Waals surface area contributed by atoms with E-state index in [0.29, 0.717) is 6.42 Å². The van der Waals surface area contributed by atoms with E-state index in [2.05, 4.69) is 0 Å². The molecule has 0 spiro atoms. The van der Waals surface area contributed by atoms with Crippen molar-refractivity contribution < 1.29 is 9.66 Å². The Kier molecular flexibility index (Phi) is 3.22. The summed E-state index contributed by atoms with van der Waals surface area (Å²) in [7, 11) is -2.25. The number of aliphatic hydroxyl groups excluding tert-OH is 1. The van der Waals surface area contributed by atoms with Gasteiger partial charge in [-0.1, -0.05) is 0 Å². The Morgan fingerprint density at radius 1 is 1.27 bits per heavy atom. The number of hydrogen-bond acceptors (Lipinski definition) is 3. The molecule has 1 saturated carbocycles. The Balaban J connectivity index is 2.60. The van der Waals surface area contributed by atoms with Gasteiger partial charge in [0.1, 0.15) is 0 Å². The SMILES string of the molecule is OC1CCCC(S(O)(=S)=S)C1. The van der Waals surface area contributed by atoms with Crippen molar-refractivity contribution in [3.8, 4) is 0 Å². The van der Waals surface area contributed by atoms with Crippen LogP contribution in [0.3, 0.4) is 0 Å². The van der Waals surface area contributed by atoms with Crippen molar-refractivity contribution in [1.82, 2.24) is 0 Å². The predicted octanol–water partition coefficient (Wildman–Crippen LogP) is 0.841. The third kappa shape index (κ3) is 2.91. The number of rotatable bonds is 1. The molecule has 1 fully saturated rings. The molecular formula is C6H12O2S3. The molecule has 11 heavy (non-hydrogen) atoms. The Labute approximate surface area is 76.6 Å². The fraction of sp³-hybridized carbons (Fsp3) is 1.00. The Hall–Kier alpha value is 0.710. The zero-order chi connectivity index (χ0) is 8.48. The van der Waals surface area contributed by atoms with Crippen molar-refractivity contribution >= 4 is 29.8 Å². The van der Waals surface area contributed by atoms with Gasteiger partial charge in [-0.3, -0.25) is 0 Å². The van der Waals surface area contributed by atoms with Gasteiger partial charge in [0.15, 0.2) is 0 Å². The monoisotopic (exact) mass is 212 g/mol. The maximum absolute atomic E-state index is 9.36. The first-order chi connectivity index (χ1) is 5.00. The van der Waals surface area contributed by atoms with Crippen LogP contribution in [0, 0.1) is 0 Å². The van der Waals surface area contributed by atoms with Crippen LogP contribution in [-0.2, 0) is 29.8 Å². The van der Waals surface area contributed by atoms with Gasteiger partial charge < -0.3 is 9.66 Å². The molecule has 5 heteroatoms. The summed E-state index contributed by atoms with van der Waals surface area (Å²) in [6.07, 6.45) is 2.96. The second-order valence-electron chi connectivity index (χ2n) is 2.96. The van der Waals surface area contributed by atoms with Crippen molar-refractivity contribution in [3.63, 3.8) is 0 Å². The molecule has 0 radical (unpaired) electrons. The van der Waals surface area contributed by atoms with E-state index >= 15 is 0 Å². The molecular weight excluding hydrogens is 200 g/mol. The lowest BCUT2D eigenvalue weighted by atomic mass is 9.97. The van der Waals surface area contributed by atoms with Gasteiger partial charge in [0, 0.05) is 12.7 Å². The van der Waals surface area contributed by atoms with E-state index < -0.39 is 7.43 Å². The lowest BCUT2D eigenvalue weighted by Gasteiger charge is -2.26. The minimum absolute atomic E-state index is 0.00347. The summed E-state index contributed by atoms with van der Waals surface area (Å²) in [5.41, 5.74) is 0. The fourth-order valence-electron chi connectivity index (χ4n) is 1.39. The molecule has 0 aromatic heterocycles. The van der Waals surface area contributed by atoms with Gasteiger partial charge in [-0.15, -0.1) is 0 Å². The highest BCUT2D eigenvalue weighted by Gasteiger charge is 2.24. The summed E-state index contributed by atoms with van der Waals surface area (Å²) in [6.45, 7) is 0. The van der Waals surface area contributed by atoms with Gasteiger partial charge in [0.2, 0.25) is 0 Å². The van der Waals surface area contributed by atoms with Crippen molar-refractivity contribution in [2.24, 2.45) is 0 Å². The molecule has 2 nitrogen and oxygen atoms in total. The van der Waals surface area contributed by atoms with Crippen LogP contribution in [0.25, 0.3) is 0 Å². The molecule has 1 aliphatic carbocycles. The van der Waals surface area contributed by atoms with Crippen LogP contribution < -0.4 is 0 Å². The van der Waals surface area contributed by atoms with E-state index in [1.807, 2.05) is 0 Å². The highest BCUT2D eigenvalue weighted by Crippen LogP contribution is 2.23. The van der Waals surface area contributed by atoms with Gasteiger partial charge in [-0.2, -0.15) is 0 Å². The molecule has 1 aliphatic rings. The van der Waals surface area contributed by atoms with Crippen molar-refractivity contribution in [1.29, 1.82) is 0 Å². The zero-order valence-corrected chi connectivity index (χ0v) is 8.55. The van der Waals surface area contributed by atoms with Crippen LogP contribution in [-0.4, -0.2) is 21.0 Å². The van der Waals surface area contributed by atoms with Crippen LogP contribution in [0.1, 0.15) is 25.7 Å². The third-order valence-corrected chi connectivity index (χ3v) is 4.92. The van der Waals surface area contributed by atoms with Crippen LogP contribution in [0.2, 0.25) is 0 Å². The average molecular weight is 212 g/mol. The standard InChI is InChI=1S/C6H12O2S3/c7-5-2-1-3-6(4-5)11(8,9)10/h5-7H,1-4H2,(H,8,9,10). The highest BCUT2D eigenvalue weighted by atomic mass is 33.1. The molecule has 0 aromatic rings. The molecule has 1 rings (SSSR count). The smallest absolute Gasteiger partial charge is 0.0551 e. The van der Waals surface area contributed by atoms with Gasteiger partial charge in [-0.05, 0) is 48.1 Å². The molecule has 0 bridgehead atoms. The van der Waals surface area contributed by atoms with E-state index in [1.54, 1.807) is 0 Å². The van der Waals surface area contributed by atoms with Crippen LogP contribution in [0.5, 0.6) is 0 Å². The molecule has 0 heterocycles. The summed E-state index contributed by atoms with van der Waals surface area (Å²) in [6, 6.07) is 0. The van der Waals surface area contributed by atoms with Gasteiger partial charge >= 0.3 is 0 Å². The molecule has 0 saturated heterocycles. The first-order valence-electron chi connectivity index (χ1n) is 3.64. The van der Waals surface area contributed by atoms with E-state index in [1.165, 1.54) is 0 Å². The summed E-state index contributed by atoms with van der Waals surface area (Å²) < 4.78 is 9.36. The summed E-state index contributed by atoms with van der Waals surface area (Å²) in [4.78, 5) is 0. The molecule has 2 unspecified atom stereocenters. The molecule has 2 N–H and O–H groups in total. The summed E-state index contributed by atoms with van der Waals surface area (Å²) >= 11 is 9.60. The average Bonchev–Trinajstić information content (AvgIpc) is 1.86. The molecule has 66 valence electrons. The van der Waals surface area contributed by atoms with Crippen molar-refractivity contribution in [2.45, 2.75) is 37.0 Å². The van der Waals surface area contributed by atoms with Crippen LogP contribution in [0.4, 0.5) is 0 Å². The van der Waals surface area contributed by atoms with E-state index in [0.717, 1.165) is 19.3 Å². The minimum Gasteiger partial charge on any atom is -0.393 e. The lowest BCUT2D eigenvalue weighted by Crippen LogP contribution is -2.28. The van der Waals surface area contributed by atoms with Crippen molar-refractivity contribution in [3.05, 3.63) is 0 Å².